The molecule has 80 valence electrons. The molecule has 13 heavy (non-hydrogen) atoms. The number of rotatable bonds is 8. The minimum absolute atomic E-state index is 0.778. The molecule has 2 N–H and O–H groups in total. The van der Waals surface area contributed by atoms with E-state index in [2.05, 4.69) is 4.94 Å². The molecule has 0 heterocycles. The van der Waals surface area contributed by atoms with Crippen LogP contribution in [-0.4, -0.2) is 39.0 Å². The molecule has 0 bridgehead atoms. The molecular formula is C9H23NO2Sn. The molecule has 0 aromatic heterocycles. The van der Waals surface area contributed by atoms with Crippen LogP contribution in [0.25, 0.3) is 0 Å². The van der Waals surface area contributed by atoms with Crippen LogP contribution < -0.4 is 5.73 Å². The van der Waals surface area contributed by atoms with Crippen LogP contribution in [-0.2, 0) is 6.15 Å². The Kier molecular flexibility index (Phi) is 8.44. The zero-order valence-corrected chi connectivity index (χ0v) is 12.0. The van der Waals surface area contributed by atoms with Crippen molar-refractivity contribution in [3.63, 3.8) is 0 Å². The van der Waals surface area contributed by atoms with E-state index >= 15 is 0 Å². The molecule has 0 aromatic rings. The van der Waals surface area contributed by atoms with Gasteiger partial charge in [-0.3, -0.25) is 0 Å². The molecule has 0 atom stereocenters. The first-order chi connectivity index (χ1) is 6.18. The van der Waals surface area contributed by atoms with Crippen LogP contribution in [0, 0.1) is 0 Å². The number of hydrogen-bond acceptors (Lipinski definition) is 3. The Labute approximate surface area is 86.9 Å². The van der Waals surface area contributed by atoms with Gasteiger partial charge in [0.2, 0.25) is 0 Å². The van der Waals surface area contributed by atoms with E-state index in [0.717, 1.165) is 37.0 Å². The Morgan fingerprint density at radius 1 is 1.08 bits per heavy atom. The van der Waals surface area contributed by atoms with Crippen molar-refractivity contribution in [1.29, 1.82) is 0 Å². The van der Waals surface area contributed by atoms with Gasteiger partial charge in [0, 0.05) is 0 Å². The standard InChI is InChI=1S/C4H10N.2C2H5O.CH3.Sn/c1-2-3-4-5;2*1-2-3;;/h1-5H2;2*2H2,1H3;1H3;/q;2*-1;;+2. The van der Waals surface area contributed by atoms with Crippen LogP contribution in [0.4, 0.5) is 0 Å². The Bertz CT molecular complexity index is 116. The second-order valence-electron chi connectivity index (χ2n) is 3.25. The molecule has 0 saturated heterocycles. The average molecular weight is 296 g/mol. The fraction of sp³-hybridized carbons (Fsp3) is 1.00. The first-order valence-electron chi connectivity index (χ1n) is 5.16. The topological polar surface area (TPSA) is 44.5 Å². The van der Waals surface area contributed by atoms with Crippen molar-refractivity contribution in [1.82, 2.24) is 0 Å². The fourth-order valence-electron chi connectivity index (χ4n) is 1.39. The van der Waals surface area contributed by atoms with Gasteiger partial charge >= 0.3 is 86.9 Å². The van der Waals surface area contributed by atoms with E-state index in [1.165, 1.54) is 0 Å². The molecule has 4 heteroatoms. The van der Waals surface area contributed by atoms with Gasteiger partial charge < -0.3 is 0 Å². The quantitative estimate of drug-likeness (QED) is 0.549. The summed E-state index contributed by atoms with van der Waals surface area (Å²) in [5.74, 6) is 0. The van der Waals surface area contributed by atoms with Gasteiger partial charge in [-0.2, -0.15) is 0 Å². The van der Waals surface area contributed by atoms with Crippen molar-refractivity contribution >= 4 is 19.2 Å². The maximum atomic E-state index is 5.76. The summed E-state index contributed by atoms with van der Waals surface area (Å²) in [5, 5.41) is 0. The van der Waals surface area contributed by atoms with Crippen LogP contribution in [0.3, 0.4) is 0 Å². The van der Waals surface area contributed by atoms with Gasteiger partial charge in [-0.15, -0.1) is 0 Å². The predicted octanol–water partition coefficient (Wildman–Crippen LogP) is 1.87. The molecule has 0 aliphatic rings. The van der Waals surface area contributed by atoms with Crippen LogP contribution in [0.2, 0.25) is 9.38 Å². The molecule has 0 radical (unpaired) electrons. The Morgan fingerprint density at radius 2 is 1.62 bits per heavy atom. The summed E-state index contributed by atoms with van der Waals surface area (Å²) in [4.78, 5) is 2.21. The zero-order valence-electron chi connectivity index (χ0n) is 9.14. The summed E-state index contributed by atoms with van der Waals surface area (Å²) in [6.07, 6.45) is 2.25. The van der Waals surface area contributed by atoms with Crippen molar-refractivity contribution in [2.75, 3.05) is 19.8 Å². The maximum absolute atomic E-state index is 5.76. The normalized spacial score (nSPS) is 12.0. The van der Waals surface area contributed by atoms with E-state index < -0.39 is 19.2 Å². The van der Waals surface area contributed by atoms with Crippen molar-refractivity contribution in [3.8, 4) is 0 Å². The van der Waals surface area contributed by atoms with Gasteiger partial charge in [0.05, 0.1) is 0 Å². The third-order valence-electron chi connectivity index (χ3n) is 1.98. The summed E-state index contributed by atoms with van der Waals surface area (Å²) < 4.78 is 12.7. The molecule has 0 rings (SSSR count). The Morgan fingerprint density at radius 3 is 2.00 bits per heavy atom. The molecule has 0 unspecified atom stereocenters. The molecular weight excluding hydrogens is 273 g/mol. The molecule has 0 aromatic carbocycles. The van der Waals surface area contributed by atoms with E-state index in [0.29, 0.717) is 0 Å². The second-order valence-corrected chi connectivity index (χ2v) is 12.8. The molecule has 3 nitrogen and oxygen atoms in total. The minimum atomic E-state index is -2.58. The monoisotopic (exact) mass is 297 g/mol. The first kappa shape index (κ1) is 13.7. The van der Waals surface area contributed by atoms with Crippen molar-refractivity contribution in [3.05, 3.63) is 0 Å². The third-order valence-corrected chi connectivity index (χ3v) is 10.7. The van der Waals surface area contributed by atoms with Crippen LogP contribution >= 0.6 is 0 Å². The van der Waals surface area contributed by atoms with E-state index in [9.17, 15) is 0 Å². The van der Waals surface area contributed by atoms with Crippen LogP contribution in [0.5, 0.6) is 0 Å². The van der Waals surface area contributed by atoms with Gasteiger partial charge in [0.15, 0.2) is 0 Å². The summed E-state index contributed by atoms with van der Waals surface area (Å²) in [6.45, 7) is 6.43. The molecule has 0 amide bonds. The summed E-state index contributed by atoms with van der Waals surface area (Å²) in [7, 11) is 0. The Hall–Kier alpha value is 0.679. The zero-order chi connectivity index (χ0) is 10.2. The van der Waals surface area contributed by atoms with E-state index in [1.54, 1.807) is 0 Å². The molecule has 0 fully saturated rings. The SMILES string of the molecule is CC[O][Sn]([CH3])([CH2]CCCN)[O]CC. The van der Waals surface area contributed by atoms with E-state index in [-0.39, 0.29) is 0 Å². The van der Waals surface area contributed by atoms with Gasteiger partial charge in [-0.1, -0.05) is 0 Å². The second kappa shape index (κ2) is 8.03. The fourth-order valence-corrected chi connectivity index (χ4v) is 8.48. The summed E-state index contributed by atoms with van der Waals surface area (Å²) in [6, 6.07) is 0. The molecule has 0 aliphatic heterocycles. The molecule has 0 aliphatic carbocycles. The predicted molar refractivity (Wildman–Crippen MR) is 58.0 cm³/mol. The number of hydrogen-bond donors (Lipinski definition) is 1. The Balaban J connectivity index is 3.76. The number of nitrogens with two attached hydrogens (primary N) is 1. The van der Waals surface area contributed by atoms with Crippen LogP contribution in [0.1, 0.15) is 26.7 Å². The van der Waals surface area contributed by atoms with Gasteiger partial charge in [-0.05, 0) is 0 Å². The number of unbranched alkanes of at least 4 members (excludes halogenated alkanes) is 1. The van der Waals surface area contributed by atoms with Gasteiger partial charge in [0.25, 0.3) is 0 Å². The van der Waals surface area contributed by atoms with E-state index in [1.807, 2.05) is 13.8 Å². The van der Waals surface area contributed by atoms with E-state index in [4.69, 9.17) is 11.9 Å². The molecule has 0 saturated carbocycles. The third kappa shape index (κ3) is 6.71. The average Bonchev–Trinajstić information content (AvgIpc) is 2.05. The summed E-state index contributed by atoms with van der Waals surface area (Å²) >= 11 is -2.58. The first-order valence-corrected chi connectivity index (χ1v) is 12.4. The van der Waals surface area contributed by atoms with Gasteiger partial charge in [-0.25, -0.2) is 0 Å². The van der Waals surface area contributed by atoms with Crippen molar-refractivity contribution in [2.24, 2.45) is 5.73 Å². The molecule has 0 spiro atoms. The summed E-state index contributed by atoms with van der Waals surface area (Å²) in [5.41, 5.74) is 5.45. The van der Waals surface area contributed by atoms with Crippen LogP contribution in [0.15, 0.2) is 0 Å². The van der Waals surface area contributed by atoms with Crippen molar-refractivity contribution < 1.29 is 6.15 Å². The van der Waals surface area contributed by atoms with Crippen molar-refractivity contribution in [2.45, 2.75) is 36.1 Å². The van der Waals surface area contributed by atoms with Gasteiger partial charge in [0.1, 0.15) is 0 Å².